The minimum Gasteiger partial charge on any atom is -0.384 e. The highest BCUT2D eigenvalue weighted by Crippen LogP contribution is 2.24. The van der Waals surface area contributed by atoms with E-state index in [9.17, 15) is 8.42 Å². The summed E-state index contributed by atoms with van der Waals surface area (Å²) in [7, 11) is -3.39. The van der Waals surface area contributed by atoms with Crippen molar-refractivity contribution in [3.63, 3.8) is 0 Å². The van der Waals surface area contributed by atoms with Crippen LogP contribution < -0.4 is 4.72 Å². The van der Waals surface area contributed by atoms with Gasteiger partial charge in [0, 0.05) is 5.56 Å². The van der Waals surface area contributed by atoms with Crippen molar-refractivity contribution in [1.82, 2.24) is 0 Å². The predicted molar refractivity (Wildman–Crippen MR) is 77.7 cm³/mol. The molecule has 0 aromatic heterocycles. The molecule has 104 valence electrons. The first-order valence-electron chi connectivity index (χ1n) is 5.88. The number of hydrogen-bond acceptors (Lipinski definition) is 3. The molecule has 0 fully saturated rings. The zero-order valence-corrected chi connectivity index (χ0v) is 12.2. The number of anilines is 1. The molecule has 1 rings (SSSR count). The summed E-state index contributed by atoms with van der Waals surface area (Å²) in [6.07, 6.45) is 1.40. The van der Waals surface area contributed by atoms with Gasteiger partial charge in [-0.1, -0.05) is 36.8 Å². The van der Waals surface area contributed by atoms with Crippen molar-refractivity contribution in [1.29, 1.82) is 0 Å². The molecule has 0 saturated carbocycles. The van der Waals surface area contributed by atoms with Gasteiger partial charge in [-0.25, -0.2) is 8.42 Å². The Balaban J connectivity index is 2.94. The van der Waals surface area contributed by atoms with Gasteiger partial charge in [-0.05, 0) is 24.6 Å². The smallest absolute Gasteiger partial charge is 0.232 e. The van der Waals surface area contributed by atoms with E-state index in [1.54, 1.807) is 18.2 Å². The first kappa shape index (κ1) is 15.8. The van der Waals surface area contributed by atoms with Crippen molar-refractivity contribution in [3.05, 3.63) is 28.8 Å². The molecule has 0 atom stereocenters. The zero-order chi connectivity index (χ0) is 14.3. The minimum atomic E-state index is -3.39. The van der Waals surface area contributed by atoms with E-state index in [0.29, 0.717) is 22.7 Å². The largest absolute Gasteiger partial charge is 0.384 e. The zero-order valence-electron chi connectivity index (χ0n) is 10.6. The Hall–Kier alpha value is -1.22. The van der Waals surface area contributed by atoms with Crippen LogP contribution in [0.25, 0.3) is 0 Å². The monoisotopic (exact) mass is 301 g/mol. The third-order valence-electron chi connectivity index (χ3n) is 2.31. The SMILES string of the molecule is CCCCS(=O)(=O)Nc1cc(C#CCO)ccc1Cl. The summed E-state index contributed by atoms with van der Waals surface area (Å²) in [5.74, 6) is 5.25. The highest BCUT2D eigenvalue weighted by Gasteiger charge is 2.12. The molecule has 0 heterocycles. The highest BCUT2D eigenvalue weighted by molar-refractivity contribution is 7.92. The molecule has 6 heteroatoms. The van der Waals surface area contributed by atoms with E-state index in [1.807, 2.05) is 6.92 Å². The van der Waals surface area contributed by atoms with Gasteiger partial charge in [0.2, 0.25) is 10.0 Å². The normalized spacial score (nSPS) is 10.7. The molecule has 0 unspecified atom stereocenters. The molecule has 0 spiro atoms. The number of benzene rings is 1. The van der Waals surface area contributed by atoms with Gasteiger partial charge in [0.05, 0.1) is 16.5 Å². The van der Waals surface area contributed by atoms with E-state index in [1.165, 1.54) is 0 Å². The van der Waals surface area contributed by atoms with Gasteiger partial charge in [-0.15, -0.1) is 0 Å². The van der Waals surface area contributed by atoms with E-state index in [4.69, 9.17) is 16.7 Å². The number of sulfonamides is 1. The highest BCUT2D eigenvalue weighted by atomic mass is 35.5. The Morgan fingerprint density at radius 1 is 1.42 bits per heavy atom. The summed E-state index contributed by atoms with van der Waals surface area (Å²) in [4.78, 5) is 0. The Bertz CT molecular complexity index is 588. The van der Waals surface area contributed by atoms with Gasteiger partial charge in [-0.3, -0.25) is 4.72 Å². The number of unbranched alkanes of at least 4 members (excludes halogenated alkanes) is 1. The maximum Gasteiger partial charge on any atom is 0.232 e. The van der Waals surface area contributed by atoms with E-state index >= 15 is 0 Å². The fraction of sp³-hybridized carbons (Fsp3) is 0.385. The molecule has 1 aromatic rings. The number of aliphatic hydroxyl groups is 1. The van der Waals surface area contributed by atoms with Crippen LogP contribution in [0.5, 0.6) is 0 Å². The average Bonchev–Trinajstić information content (AvgIpc) is 2.37. The van der Waals surface area contributed by atoms with Crippen LogP contribution in [0.3, 0.4) is 0 Å². The number of nitrogens with one attached hydrogen (secondary N) is 1. The third-order valence-corrected chi connectivity index (χ3v) is 4.00. The van der Waals surface area contributed by atoms with Crippen molar-refractivity contribution in [2.45, 2.75) is 19.8 Å². The lowest BCUT2D eigenvalue weighted by Gasteiger charge is -2.09. The van der Waals surface area contributed by atoms with Gasteiger partial charge in [0.25, 0.3) is 0 Å². The quantitative estimate of drug-likeness (QED) is 0.820. The molecule has 1 aromatic carbocycles. The van der Waals surface area contributed by atoms with Crippen LogP contribution in [-0.4, -0.2) is 25.9 Å². The molecule has 4 nitrogen and oxygen atoms in total. The predicted octanol–water partition coefficient (Wildman–Crippen LogP) is 2.23. The Morgan fingerprint density at radius 3 is 2.79 bits per heavy atom. The fourth-order valence-corrected chi connectivity index (χ4v) is 2.87. The van der Waals surface area contributed by atoms with Crippen LogP contribution in [0.4, 0.5) is 5.69 Å². The molecular weight excluding hydrogens is 286 g/mol. The lowest BCUT2D eigenvalue weighted by atomic mass is 10.2. The van der Waals surface area contributed by atoms with Gasteiger partial charge in [0.15, 0.2) is 0 Å². The number of aliphatic hydroxyl groups excluding tert-OH is 1. The summed E-state index contributed by atoms with van der Waals surface area (Å²) in [5.41, 5.74) is 0.897. The van der Waals surface area contributed by atoms with Crippen molar-refractivity contribution in [3.8, 4) is 11.8 Å². The minimum absolute atomic E-state index is 0.0619. The van der Waals surface area contributed by atoms with Gasteiger partial charge in [-0.2, -0.15) is 0 Å². The lowest BCUT2D eigenvalue weighted by molar-refractivity contribution is 0.350. The molecule has 0 aliphatic carbocycles. The third kappa shape index (κ3) is 5.52. The molecule has 19 heavy (non-hydrogen) atoms. The summed E-state index contributed by atoms with van der Waals surface area (Å²) < 4.78 is 26.0. The summed E-state index contributed by atoms with van der Waals surface area (Å²) in [5, 5.41) is 8.94. The Kier molecular flexibility index (Phi) is 6.16. The Labute approximate surface area is 118 Å². The van der Waals surface area contributed by atoms with Crippen LogP contribution >= 0.6 is 11.6 Å². The molecule has 0 radical (unpaired) electrons. The lowest BCUT2D eigenvalue weighted by Crippen LogP contribution is -2.16. The van der Waals surface area contributed by atoms with Crippen molar-refractivity contribution in [2.24, 2.45) is 0 Å². The van der Waals surface area contributed by atoms with E-state index < -0.39 is 10.0 Å². The van der Waals surface area contributed by atoms with E-state index in [2.05, 4.69) is 16.6 Å². The molecule has 0 amide bonds. The van der Waals surface area contributed by atoms with Crippen molar-refractivity contribution < 1.29 is 13.5 Å². The summed E-state index contributed by atoms with van der Waals surface area (Å²) in [6, 6.07) is 4.78. The van der Waals surface area contributed by atoms with Crippen LogP contribution in [0.2, 0.25) is 5.02 Å². The second kappa shape index (κ2) is 7.39. The van der Waals surface area contributed by atoms with Crippen LogP contribution in [0, 0.1) is 11.8 Å². The first-order chi connectivity index (χ1) is 8.98. The van der Waals surface area contributed by atoms with Gasteiger partial charge < -0.3 is 5.11 Å². The van der Waals surface area contributed by atoms with Gasteiger partial charge in [0.1, 0.15) is 6.61 Å². The fourth-order valence-electron chi connectivity index (χ4n) is 1.38. The topological polar surface area (TPSA) is 66.4 Å². The van der Waals surface area contributed by atoms with Crippen molar-refractivity contribution in [2.75, 3.05) is 17.1 Å². The molecule has 0 saturated heterocycles. The number of hydrogen-bond donors (Lipinski definition) is 2. The number of halogens is 1. The molecule has 2 N–H and O–H groups in total. The second-order valence-corrected chi connectivity index (χ2v) is 6.18. The van der Waals surface area contributed by atoms with Crippen LogP contribution in [-0.2, 0) is 10.0 Å². The summed E-state index contributed by atoms with van der Waals surface area (Å²) in [6.45, 7) is 1.67. The standard InChI is InChI=1S/C13H16ClNO3S/c1-2-3-9-19(17,18)15-13-10-11(5-4-8-16)6-7-12(13)14/h6-7,10,15-16H,2-3,8-9H2,1H3. The maximum absolute atomic E-state index is 11.8. The van der Waals surface area contributed by atoms with Crippen molar-refractivity contribution >= 4 is 27.3 Å². The number of rotatable bonds is 5. The van der Waals surface area contributed by atoms with Crippen LogP contribution in [0.1, 0.15) is 25.3 Å². The van der Waals surface area contributed by atoms with E-state index in [0.717, 1.165) is 6.42 Å². The molecule has 0 aliphatic heterocycles. The van der Waals surface area contributed by atoms with Crippen LogP contribution in [0.15, 0.2) is 18.2 Å². The average molecular weight is 302 g/mol. The molecule has 0 aliphatic rings. The first-order valence-corrected chi connectivity index (χ1v) is 7.91. The van der Waals surface area contributed by atoms with E-state index in [-0.39, 0.29) is 12.4 Å². The summed E-state index contributed by atoms with van der Waals surface area (Å²) >= 11 is 5.95. The van der Waals surface area contributed by atoms with Gasteiger partial charge >= 0.3 is 0 Å². The second-order valence-electron chi connectivity index (χ2n) is 3.93. The Morgan fingerprint density at radius 2 is 2.16 bits per heavy atom. The maximum atomic E-state index is 11.8. The molecular formula is C13H16ClNO3S. The molecule has 0 bridgehead atoms.